The molecule has 2 rings (SSSR count). The Labute approximate surface area is 102 Å². The molecule has 0 aliphatic carbocycles. The topological polar surface area (TPSA) is 50.2 Å². The first-order valence-corrected chi connectivity index (χ1v) is 5.49. The smallest absolute Gasteiger partial charge is 0.337 e. The fourth-order valence-electron chi connectivity index (χ4n) is 2.08. The van der Waals surface area contributed by atoms with Gasteiger partial charge >= 0.3 is 6.18 Å². The number of amides is 1. The third kappa shape index (κ3) is 2.27. The molecule has 18 heavy (non-hydrogen) atoms. The summed E-state index contributed by atoms with van der Waals surface area (Å²) in [5.41, 5.74) is 0.980. The van der Waals surface area contributed by atoms with Crippen LogP contribution < -0.4 is 10.2 Å². The number of alkyl halides is 3. The Morgan fingerprint density at radius 3 is 2.67 bits per heavy atom. The SMILES string of the molecule is CCc1nn(C)c2c1NC(=O)CN2CC(F)(F)F. The monoisotopic (exact) mass is 262 g/mol. The average Bonchev–Trinajstić information content (AvgIpc) is 2.52. The highest BCUT2D eigenvalue weighted by molar-refractivity contribution is 6.01. The number of halogens is 3. The van der Waals surface area contributed by atoms with Gasteiger partial charge < -0.3 is 10.2 Å². The fourth-order valence-corrected chi connectivity index (χ4v) is 2.08. The lowest BCUT2D eigenvalue weighted by atomic mass is 10.2. The first kappa shape index (κ1) is 12.7. The fraction of sp³-hybridized carbons (Fsp3) is 0.600. The summed E-state index contributed by atoms with van der Waals surface area (Å²) in [4.78, 5) is 12.4. The van der Waals surface area contributed by atoms with Crippen molar-refractivity contribution in [1.82, 2.24) is 9.78 Å². The van der Waals surface area contributed by atoms with Crippen LogP contribution in [0.5, 0.6) is 0 Å². The van der Waals surface area contributed by atoms with Crippen LogP contribution in [0.2, 0.25) is 0 Å². The molecule has 1 amide bonds. The molecule has 0 aromatic carbocycles. The molecule has 1 aromatic rings. The number of fused-ring (bicyclic) bond motifs is 1. The molecule has 1 aliphatic rings. The summed E-state index contributed by atoms with van der Waals surface area (Å²) >= 11 is 0. The van der Waals surface area contributed by atoms with E-state index in [9.17, 15) is 18.0 Å². The summed E-state index contributed by atoms with van der Waals surface area (Å²) in [6.07, 6.45) is -3.81. The summed E-state index contributed by atoms with van der Waals surface area (Å²) in [5, 5.41) is 6.70. The molecule has 1 aromatic heterocycles. The van der Waals surface area contributed by atoms with E-state index in [0.29, 0.717) is 23.6 Å². The molecule has 0 saturated heterocycles. The molecule has 0 saturated carbocycles. The second-order valence-corrected chi connectivity index (χ2v) is 4.14. The van der Waals surface area contributed by atoms with E-state index in [0.717, 1.165) is 4.90 Å². The third-order valence-electron chi connectivity index (χ3n) is 2.69. The number of hydrogen-bond acceptors (Lipinski definition) is 3. The van der Waals surface area contributed by atoms with Crippen LogP contribution in [0.25, 0.3) is 0 Å². The largest absolute Gasteiger partial charge is 0.405 e. The van der Waals surface area contributed by atoms with Crippen molar-refractivity contribution in [1.29, 1.82) is 0 Å². The van der Waals surface area contributed by atoms with Gasteiger partial charge in [0.25, 0.3) is 0 Å². The maximum Gasteiger partial charge on any atom is 0.405 e. The molecular formula is C10H13F3N4O. The molecule has 0 bridgehead atoms. The highest BCUT2D eigenvalue weighted by Gasteiger charge is 2.37. The molecule has 0 unspecified atom stereocenters. The summed E-state index contributed by atoms with van der Waals surface area (Å²) in [7, 11) is 1.57. The molecule has 1 N–H and O–H groups in total. The lowest BCUT2D eigenvalue weighted by molar-refractivity contribution is -0.122. The van der Waals surface area contributed by atoms with Crippen LogP contribution in [0.4, 0.5) is 24.7 Å². The maximum atomic E-state index is 12.5. The summed E-state index contributed by atoms with van der Waals surface area (Å²) in [6, 6.07) is 0. The minimum Gasteiger partial charge on any atom is -0.337 e. The second-order valence-electron chi connectivity index (χ2n) is 4.14. The quantitative estimate of drug-likeness (QED) is 0.874. The van der Waals surface area contributed by atoms with Gasteiger partial charge in [0, 0.05) is 7.05 Å². The minimum atomic E-state index is -4.36. The zero-order valence-corrected chi connectivity index (χ0v) is 10.0. The van der Waals surface area contributed by atoms with Crippen molar-refractivity contribution in [2.75, 3.05) is 23.3 Å². The van der Waals surface area contributed by atoms with Gasteiger partial charge in [-0.25, -0.2) is 0 Å². The van der Waals surface area contributed by atoms with Crippen LogP contribution in [-0.4, -0.2) is 35.0 Å². The van der Waals surface area contributed by atoms with Crippen molar-refractivity contribution in [2.45, 2.75) is 19.5 Å². The molecule has 2 heterocycles. The van der Waals surface area contributed by atoms with Crippen molar-refractivity contribution >= 4 is 17.4 Å². The summed E-state index contributed by atoms with van der Waals surface area (Å²) in [6.45, 7) is 0.364. The minimum absolute atomic E-state index is 0.309. The third-order valence-corrected chi connectivity index (χ3v) is 2.69. The van der Waals surface area contributed by atoms with Crippen molar-refractivity contribution < 1.29 is 18.0 Å². The van der Waals surface area contributed by atoms with Crippen molar-refractivity contribution in [3.05, 3.63) is 5.69 Å². The molecule has 0 spiro atoms. The Morgan fingerprint density at radius 2 is 2.11 bits per heavy atom. The van der Waals surface area contributed by atoms with Crippen molar-refractivity contribution in [2.24, 2.45) is 7.05 Å². The summed E-state index contributed by atoms with van der Waals surface area (Å²) in [5.74, 6) is -0.141. The van der Waals surface area contributed by atoms with Crippen molar-refractivity contribution in [3.63, 3.8) is 0 Å². The van der Waals surface area contributed by atoms with E-state index in [2.05, 4.69) is 10.4 Å². The number of carbonyl (C=O) groups is 1. The van der Waals surface area contributed by atoms with Crippen LogP contribution in [0.1, 0.15) is 12.6 Å². The van der Waals surface area contributed by atoms with Gasteiger partial charge in [0.05, 0.1) is 12.2 Å². The molecule has 100 valence electrons. The van der Waals surface area contributed by atoms with Crippen LogP contribution >= 0.6 is 0 Å². The highest BCUT2D eigenvalue weighted by Crippen LogP contribution is 2.34. The normalized spacial score (nSPS) is 15.6. The molecule has 0 radical (unpaired) electrons. The van der Waals surface area contributed by atoms with Crippen LogP contribution in [-0.2, 0) is 18.3 Å². The molecule has 0 fully saturated rings. The zero-order chi connectivity index (χ0) is 13.5. The lowest BCUT2D eigenvalue weighted by Gasteiger charge is -2.29. The molecule has 8 heteroatoms. The molecule has 1 aliphatic heterocycles. The average molecular weight is 262 g/mol. The summed E-state index contributed by atoms with van der Waals surface area (Å²) < 4.78 is 38.8. The number of nitrogens with one attached hydrogen (secondary N) is 1. The standard InChI is InChI=1S/C10H13F3N4O/c1-3-6-8-9(16(2)15-6)17(4-7(18)14-8)5-10(11,12)13/h3-5H2,1-2H3,(H,14,18). The van der Waals surface area contributed by atoms with Crippen LogP contribution in [0.3, 0.4) is 0 Å². The van der Waals surface area contributed by atoms with Gasteiger partial charge in [0.1, 0.15) is 12.2 Å². The van der Waals surface area contributed by atoms with Gasteiger partial charge in [-0.05, 0) is 6.42 Å². The predicted molar refractivity (Wildman–Crippen MR) is 59.5 cm³/mol. The van der Waals surface area contributed by atoms with E-state index in [4.69, 9.17) is 0 Å². The van der Waals surface area contributed by atoms with Crippen molar-refractivity contribution in [3.8, 4) is 0 Å². The number of aryl methyl sites for hydroxylation is 2. The van der Waals surface area contributed by atoms with Crippen LogP contribution in [0, 0.1) is 0 Å². The highest BCUT2D eigenvalue weighted by atomic mass is 19.4. The molecule has 0 atom stereocenters. The van der Waals surface area contributed by atoms with Gasteiger partial charge in [-0.2, -0.15) is 18.3 Å². The Balaban J connectivity index is 2.42. The molecule has 5 nitrogen and oxygen atoms in total. The van der Waals surface area contributed by atoms with Gasteiger partial charge in [0.15, 0.2) is 5.82 Å². The van der Waals surface area contributed by atoms with E-state index in [1.165, 1.54) is 4.68 Å². The predicted octanol–water partition coefficient (Wildman–Crippen LogP) is 1.30. The Hall–Kier alpha value is -1.73. The first-order chi connectivity index (χ1) is 8.31. The number of rotatable bonds is 2. The van der Waals surface area contributed by atoms with Gasteiger partial charge in [-0.15, -0.1) is 0 Å². The number of aromatic nitrogens is 2. The first-order valence-electron chi connectivity index (χ1n) is 5.49. The number of carbonyl (C=O) groups excluding carboxylic acids is 1. The molecular weight excluding hydrogens is 249 g/mol. The van der Waals surface area contributed by atoms with Gasteiger partial charge in [0.2, 0.25) is 5.91 Å². The Bertz CT molecular complexity index is 480. The maximum absolute atomic E-state index is 12.5. The van der Waals surface area contributed by atoms with E-state index in [-0.39, 0.29) is 6.54 Å². The Morgan fingerprint density at radius 1 is 1.44 bits per heavy atom. The number of hydrogen-bond donors (Lipinski definition) is 1. The van der Waals surface area contributed by atoms with Crippen LogP contribution in [0.15, 0.2) is 0 Å². The zero-order valence-electron chi connectivity index (χ0n) is 10.0. The van der Waals surface area contributed by atoms with Gasteiger partial charge in [-0.3, -0.25) is 9.48 Å². The van der Waals surface area contributed by atoms with Gasteiger partial charge in [-0.1, -0.05) is 6.92 Å². The lowest BCUT2D eigenvalue weighted by Crippen LogP contribution is -2.44. The Kier molecular flexibility index (Phi) is 2.95. The van der Waals surface area contributed by atoms with E-state index >= 15 is 0 Å². The number of nitrogens with zero attached hydrogens (tertiary/aromatic N) is 3. The number of anilines is 2. The van der Waals surface area contributed by atoms with E-state index < -0.39 is 18.6 Å². The van der Waals surface area contributed by atoms with E-state index in [1.54, 1.807) is 7.05 Å². The van der Waals surface area contributed by atoms with E-state index in [1.807, 2.05) is 6.92 Å². The second kappa shape index (κ2) is 4.18.